The third-order valence-corrected chi connectivity index (χ3v) is 6.42. The molecule has 0 bridgehead atoms. The summed E-state index contributed by atoms with van der Waals surface area (Å²) in [6.07, 6.45) is 0. The average molecular weight is 461 g/mol. The standard InChI is InChI=1S/C22H21ClN2O5S/c1-29-18-11-12-21(30-2)20(14-18)24-22(26)15-25(17-8-6-7-16(23)13-17)31(27,28)19-9-4-3-5-10-19/h3-14H,15H2,1-2H3,(H,24,26). The van der Waals surface area contributed by atoms with Crippen molar-refractivity contribution in [2.75, 3.05) is 30.4 Å². The zero-order valence-electron chi connectivity index (χ0n) is 16.9. The van der Waals surface area contributed by atoms with Gasteiger partial charge >= 0.3 is 0 Å². The van der Waals surface area contributed by atoms with Gasteiger partial charge in [0, 0.05) is 11.1 Å². The molecule has 0 atom stereocenters. The molecule has 7 nitrogen and oxygen atoms in total. The number of anilines is 2. The monoisotopic (exact) mass is 460 g/mol. The highest BCUT2D eigenvalue weighted by Gasteiger charge is 2.27. The Labute approximate surface area is 186 Å². The van der Waals surface area contributed by atoms with E-state index in [2.05, 4.69) is 5.32 Å². The first-order valence-electron chi connectivity index (χ1n) is 9.20. The Morgan fingerprint density at radius 3 is 2.35 bits per heavy atom. The van der Waals surface area contributed by atoms with E-state index in [1.165, 1.54) is 32.4 Å². The number of halogens is 1. The van der Waals surface area contributed by atoms with Gasteiger partial charge in [-0.2, -0.15) is 0 Å². The summed E-state index contributed by atoms with van der Waals surface area (Å²) in [6, 6.07) is 19.1. The van der Waals surface area contributed by atoms with Gasteiger partial charge in [-0.15, -0.1) is 0 Å². The minimum absolute atomic E-state index is 0.0572. The van der Waals surface area contributed by atoms with Gasteiger partial charge in [0.15, 0.2) is 0 Å². The SMILES string of the molecule is COc1ccc(OC)c(NC(=O)CN(c2cccc(Cl)c2)S(=O)(=O)c2ccccc2)c1. The third-order valence-electron chi connectivity index (χ3n) is 4.40. The summed E-state index contributed by atoms with van der Waals surface area (Å²) in [5.74, 6) is 0.361. The minimum Gasteiger partial charge on any atom is -0.497 e. The maximum atomic E-state index is 13.3. The molecule has 0 aliphatic heterocycles. The van der Waals surface area contributed by atoms with Crippen LogP contribution < -0.4 is 19.1 Å². The molecule has 0 aliphatic carbocycles. The van der Waals surface area contributed by atoms with Crippen molar-refractivity contribution in [2.24, 2.45) is 0 Å². The average Bonchev–Trinajstić information content (AvgIpc) is 2.78. The first-order valence-corrected chi connectivity index (χ1v) is 11.0. The first-order chi connectivity index (χ1) is 14.8. The van der Waals surface area contributed by atoms with Crippen LogP contribution in [-0.2, 0) is 14.8 Å². The van der Waals surface area contributed by atoms with Crippen molar-refractivity contribution >= 4 is 38.9 Å². The summed E-state index contributed by atoms with van der Waals surface area (Å²) >= 11 is 6.07. The number of nitrogens with zero attached hydrogens (tertiary/aromatic N) is 1. The third kappa shape index (κ3) is 5.28. The molecular weight excluding hydrogens is 440 g/mol. The number of methoxy groups -OCH3 is 2. The van der Waals surface area contributed by atoms with Crippen LogP contribution in [0.1, 0.15) is 0 Å². The Balaban J connectivity index is 1.95. The lowest BCUT2D eigenvalue weighted by Crippen LogP contribution is -2.38. The molecule has 31 heavy (non-hydrogen) atoms. The highest BCUT2D eigenvalue weighted by Crippen LogP contribution is 2.30. The second-order valence-corrected chi connectivity index (χ2v) is 8.72. The summed E-state index contributed by atoms with van der Waals surface area (Å²) in [5, 5.41) is 3.04. The van der Waals surface area contributed by atoms with Crippen molar-refractivity contribution in [3.05, 3.63) is 77.8 Å². The fraction of sp³-hybridized carbons (Fsp3) is 0.136. The number of hydrogen-bond donors (Lipinski definition) is 1. The zero-order valence-corrected chi connectivity index (χ0v) is 18.5. The number of carbonyl (C=O) groups is 1. The van der Waals surface area contributed by atoms with Gasteiger partial charge in [0.25, 0.3) is 10.0 Å². The van der Waals surface area contributed by atoms with E-state index in [4.69, 9.17) is 21.1 Å². The summed E-state index contributed by atoms with van der Waals surface area (Å²) in [7, 11) is -1.06. The topological polar surface area (TPSA) is 84.9 Å². The van der Waals surface area contributed by atoms with Crippen molar-refractivity contribution in [3.8, 4) is 11.5 Å². The molecule has 1 N–H and O–H groups in total. The van der Waals surface area contributed by atoms with E-state index in [0.717, 1.165) is 4.31 Å². The molecule has 0 spiro atoms. The van der Waals surface area contributed by atoms with Gasteiger partial charge in [0.1, 0.15) is 18.0 Å². The molecule has 0 radical (unpaired) electrons. The Kier molecular flexibility index (Phi) is 7.04. The molecule has 3 aromatic rings. The molecule has 0 unspecified atom stereocenters. The van der Waals surface area contributed by atoms with Crippen LogP contribution in [0.15, 0.2) is 77.7 Å². The maximum Gasteiger partial charge on any atom is 0.264 e. The van der Waals surface area contributed by atoms with Crippen LogP contribution in [0.5, 0.6) is 11.5 Å². The molecule has 3 aromatic carbocycles. The largest absolute Gasteiger partial charge is 0.497 e. The quantitative estimate of drug-likeness (QED) is 0.544. The number of amides is 1. The van der Waals surface area contributed by atoms with Crippen molar-refractivity contribution in [2.45, 2.75) is 4.90 Å². The van der Waals surface area contributed by atoms with Gasteiger partial charge in [-0.1, -0.05) is 35.9 Å². The van der Waals surface area contributed by atoms with E-state index >= 15 is 0 Å². The van der Waals surface area contributed by atoms with Crippen LogP contribution in [0, 0.1) is 0 Å². The van der Waals surface area contributed by atoms with E-state index in [1.54, 1.807) is 54.6 Å². The lowest BCUT2D eigenvalue weighted by molar-refractivity contribution is -0.114. The Hall–Kier alpha value is -3.23. The predicted octanol–water partition coefficient (Wildman–Crippen LogP) is 4.19. The molecule has 3 rings (SSSR count). The highest BCUT2D eigenvalue weighted by atomic mass is 35.5. The molecular formula is C22H21ClN2O5S. The lowest BCUT2D eigenvalue weighted by atomic mass is 10.2. The lowest BCUT2D eigenvalue weighted by Gasteiger charge is -2.24. The molecule has 0 saturated carbocycles. The van der Waals surface area contributed by atoms with Crippen molar-refractivity contribution in [1.82, 2.24) is 0 Å². The van der Waals surface area contributed by atoms with Gasteiger partial charge in [-0.05, 0) is 42.5 Å². The van der Waals surface area contributed by atoms with Crippen LogP contribution in [0.25, 0.3) is 0 Å². The number of benzene rings is 3. The number of nitrogens with one attached hydrogen (secondary N) is 1. The van der Waals surface area contributed by atoms with Crippen LogP contribution >= 0.6 is 11.6 Å². The molecule has 9 heteroatoms. The summed E-state index contributed by atoms with van der Waals surface area (Å²) in [6.45, 7) is -0.474. The van der Waals surface area contributed by atoms with E-state index in [-0.39, 0.29) is 10.6 Å². The van der Waals surface area contributed by atoms with Gasteiger partial charge in [-0.25, -0.2) is 8.42 Å². The smallest absolute Gasteiger partial charge is 0.264 e. The molecule has 0 heterocycles. The molecule has 0 aromatic heterocycles. The van der Waals surface area contributed by atoms with Crippen molar-refractivity contribution in [1.29, 1.82) is 0 Å². The van der Waals surface area contributed by atoms with E-state index < -0.39 is 22.5 Å². The van der Waals surface area contributed by atoms with Gasteiger partial charge in [0.05, 0.1) is 30.5 Å². The van der Waals surface area contributed by atoms with Crippen molar-refractivity contribution in [3.63, 3.8) is 0 Å². The van der Waals surface area contributed by atoms with Gasteiger partial charge < -0.3 is 14.8 Å². The van der Waals surface area contributed by atoms with Gasteiger partial charge in [0.2, 0.25) is 5.91 Å². The Morgan fingerprint density at radius 2 is 1.71 bits per heavy atom. The number of sulfonamides is 1. The number of carbonyl (C=O) groups excluding carboxylic acids is 1. The summed E-state index contributed by atoms with van der Waals surface area (Å²) in [5.41, 5.74) is 0.624. The second-order valence-electron chi connectivity index (χ2n) is 6.42. The maximum absolute atomic E-state index is 13.3. The van der Waals surface area contributed by atoms with Crippen LogP contribution in [0.3, 0.4) is 0 Å². The molecule has 0 saturated heterocycles. The van der Waals surface area contributed by atoms with E-state index in [0.29, 0.717) is 22.2 Å². The van der Waals surface area contributed by atoms with E-state index in [9.17, 15) is 13.2 Å². The summed E-state index contributed by atoms with van der Waals surface area (Å²) < 4.78 is 38.1. The van der Waals surface area contributed by atoms with Crippen LogP contribution in [0.2, 0.25) is 5.02 Å². The molecule has 0 aliphatic rings. The second kappa shape index (κ2) is 9.72. The normalized spacial score (nSPS) is 10.9. The minimum atomic E-state index is -4.03. The van der Waals surface area contributed by atoms with Gasteiger partial charge in [-0.3, -0.25) is 9.10 Å². The molecule has 0 fully saturated rings. The molecule has 162 valence electrons. The zero-order chi connectivity index (χ0) is 22.4. The number of rotatable bonds is 8. The molecule has 1 amide bonds. The Bertz CT molecular complexity index is 1170. The number of ether oxygens (including phenoxy) is 2. The number of hydrogen-bond acceptors (Lipinski definition) is 5. The van der Waals surface area contributed by atoms with Crippen LogP contribution in [-0.4, -0.2) is 35.1 Å². The fourth-order valence-corrected chi connectivity index (χ4v) is 4.52. The van der Waals surface area contributed by atoms with E-state index in [1.807, 2.05) is 0 Å². The van der Waals surface area contributed by atoms with Crippen molar-refractivity contribution < 1.29 is 22.7 Å². The highest BCUT2D eigenvalue weighted by molar-refractivity contribution is 7.92. The van der Waals surface area contributed by atoms with Crippen LogP contribution in [0.4, 0.5) is 11.4 Å². The Morgan fingerprint density at radius 1 is 0.968 bits per heavy atom. The fourth-order valence-electron chi connectivity index (χ4n) is 2.90. The summed E-state index contributed by atoms with van der Waals surface area (Å²) in [4.78, 5) is 12.9. The first kappa shape index (κ1) is 22.5. The predicted molar refractivity (Wildman–Crippen MR) is 121 cm³/mol.